The molecular formula is C19H19NS. The van der Waals surface area contributed by atoms with Crippen molar-refractivity contribution in [2.45, 2.75) is 17.9 Å². The third-order valence-electron chi connectivity index (χ3n) is 3.73. The van der Waals surface area contributed by atoms with E-state index in [4.69, 9.17) is 0 Å². The van der Waals surface area contributed by atoms with Crippen molar-refractivity contribution in [3.8, 4) is 0 Å². The van der Waals surface area contributed by atoms with Crippen LogP contribution in [0.4, 0.5) is 5.69 Å². The zero-order valence-electron chi connectivity index (χ0n) is 12.3. The van der Waals surface area contributed by atoms with E-state index in [-0.39, 0.29) is 6.04 Å². The minimum atomic E-state index is 0.284. The molecule has 0 saturated heterocycles. The first-order valence-corrected chi connectivity index (χ1v) is 8.38. The fraction of sp³-hybridized carbons (Fsp3) is 0.158. The van der Waals surface area contributed by atoms with Crippen molar-refractivity contribution in [2.75, 3.05) is 11.6 Å². The number of thioether (sulfide) groups is 1. The Morgan fingerprint density at radius 2 is 1.67 bits per heavy atom. The predicted octanol–water partition coefficient (Wildman–Crippen LogP) is 5.73. The van der Waals surface area contributed by atoms with E-state index in [2.05, 4.69) is 85.2 Å². The summed E-state index contributed by atoms with van der Waals surface area (Å²) in [5.74, 6) is 0. The molecule has 0 radical (unpaired) electrons. The fourth-order valence-corrected chi connectivity index (χ4v) is 2.98. The molecule has 0 aromatic heterocycles. The summed E-state index contributed by atoms with van der Waals surface area (Å²) >= 11 is 1.77. The Morgan fingerprint density at radius 1 is 0.857 bits per heavy atom. The maximum absolute atomic E-state index is 3.58. The molecule has 1 unspecified atom stereocenters. The lowest BCUT2D eigenvalue weighted by Gasteiger charge is -2.17. The summed E-state index contributed by atoms with van der Waals surface area (Å²) < 4.78 is 0. The van der Waals surface area contributed by atoms with Gasteiger partial charge in [-0.1, -0.05) is 42.5 Å². The van der Waals surface area contributed by atoms with Crippen LogP contribution in [0.15, 0.2) is 71.6 Å². The van der Waals surface area contributed by atoms with Crippen LogP contribution in [0.1, 0.15) is 18.5 Å². The Balaban J connectivity index is 1.84. The molecule has 1 N–H and O–H groups in total. The van der Waals surface area contributed by atoms with Crippen LogP contribution in [-0.2, 0) is 0 Å². The molecule has 0 aliphatic rings. The SMILES string of the molecule is CSc1cccc(NC(C)c2ccc3ccccc3c2)c1. The number of fused-ring (bicyclic) bond motifs is 1. The van der Waals surface area contributed by atoms with Crippen molar-refractivity contribution in [3.05, 3.63) is 72.3 Å². The van der Waals surface area contributed by atoms with Crippen LogP contribution in [-0.4, -0.2) is 6.26 Å². The highest BCUT2D eigenvalue weighted by atomic mass is 32.2. The predicted molar refractivity (Wildman–Crippen MR) is 94.2 cm³/mol. The Hall–Kier alpha value is -1.93. The second-order valence-corrected chi connectivity index (χ2v) is 6.08. The van der Waals surface area contributed by atoms with E-state index in [0.717, 1.165) is 0 Å². The van der Waals surface area contributed by atoms with Crippen LogP contribution in [0.3, 0.4) is 0 Å². The molecule has 3 rings (SSSR count). The number of anilines is 1. The van der Waals surface area contributed by atoms with Crippen LogP contribution < -0.4 is 5.32 Å². The summed E-state index contributed by atoms with van der Waals surface area (Å²) in [6, 6.07) is 24.0. The largest absolute Gasteiger partial charge is 0.378 e. The Labute approximate surface area is 130 Å². The van der Waals surface area contributed by atoms with E-state index in [1.165, 1.54) is 26.9 Å². The Kier molecular flexibility index (Phi) is 4.16. The van der Waals surface area contributed by atoms with Crippen molar-refractivity contribution >= 4 is 28.2 Å². The van der Waals surface area contributed by atoms with Crippen LogP contribution >= 0.6 is 11.8 Å². The number of benzene rings is 3. The Morgan fingerprint density at radius 3 is 2.48 bits per heavy atom. The second-order valence-electron chi connectivity index (χ2n) is 5.20. The number of hydrogen-bond donors (Lipinski definition) is 1. The molecular weight excluding hydrogens is 274 g/mol. The average Bonchev–Trinajstić information content (AvgIpc) is 2.54. The first-order valence-electron chi connectivity index (χ1n) is 7.15. The van der Waals surface area contributed by atoms with Gasteiger partial charge in [0.1, 0.15) is 0 Å². The minimum Gasteiger partial charge on any atom is -0.378 e. The summed E-state index contributed by atoms with van der Waals surface area (Å²) in [7, 11) is 0. The Bertz CT molecular complexity index is 751. The zero-order valence-corrected chi connectivity index (χ0v) is 13.2. The highest BCUT2D eigenvalue weighted by Crippen LogP contribution is 2.25. The van der Waals surface area contributed by atoms with E-state index < -0.39 is 0 Å². The second kappa shape index (κ2) is 6.23. The molecule has 0 spiro atoms. The third kappa shape index (κ3) is 3.22. The summed E-state index contributed by atoms with van der Waals surface area (Å²) in [6.45, 7) is 2.20. The number of rotatable bonds is 4. The third-order valence-corrected chi connectivity index (χ3v) is 4.45. The van der Waals surface area contributed by atoms with E-state index in [1.54, 1.807) is 11.8 Å². The van der Waals surface area contributed by atoms with Gasteiger partial charge in [0.15, 0.2) is 0 Å². The van der Waals surface area contributed by atoms with Gasteiger partial charge in [-0.15, -0.1) is 11.8 Å². The molecule has 3 aromatic rings. The van der Waals surface area contributed by atoms with Gasteiger partial charge in [0.2, 0.25) is 0 Å². The molecule has 1 atom stereocenters. The van der Waals surface area contributed by atoms with Crippen molar-refractivity contribution < 1.29 is 0 Å². The summed E-state index contributed by atoms with van der Waals surface area (Å²) in [6.07, 6.45) is 2.10. The van der Waals surface area contributed by atoms with Crippen molar-refractivity contribution in [2.24, 2.45) is 0 Å². The quantitative estimate of drug-likeness (QED) is 0.616. The molecule has 1 nitrogen and oxygen atoms in total. The van der Waals surface area contributed by atoms with E-state index in [9.17, 15) is 0 Å². The van der Waals surface area contributed by atoms with Gasteiger partial charge in [-0.05, 0) is 53.8 Å². The molecule has 0 aliphatic carbocycles. The number of hydrogen-bond acceptors (Lipinski definition) is 2. The van der Waals surface area contributed by atoms with Gasteiger partial charge in [-0.25, -0.2) is 0 Å². The van der Waals surface area contributed by atoms with Crippen molar-refractivity contribution in [1.82, 2.24) is 0 Å². The van der Waals surface area contributed by atoms with Crippen LogP contribution in [0.25, 0.3) is 10.8 Å². The fourth-order valence-electron chi connectivity index (χ4n) is 2.52. The molecule has 0 aliphatic heterocycles. The smallest absolute Gasteiger partial charge is 0.0485 e. The zero-order chi connectivity index (χ0) is 14.7. The normalized spacial score (nSPS) is 12.3. The molecule has 0 fully saturated rings. The van der Waals surface area contributed by atoms with Crippen molar-refractivity contribution in [3.63, 3.8) is 0 Å². The topological polar surface area (TPSA) is 12.0 Å². The summed E-state index contributed by atoms with van der Waals surface area (Å²) in [5, 5.41) is 6.17. The summed E-state index contributed by atoms with van der Waals surface area (Å²) in [5.41, 5.74) is 2.48. The van der Waals surface area contributed by atoms with Crippen LogP contribution in [0, 0.1) is 0 Å². The minimum absolute atomic E-state index is 0.284. The van der Waals surface area contributed by atoms with E-state index in [0.29, 0.717) is 0 Å². The van der Waals surface area contributed by atoms with Gasteiger partial charge < -0.3 is 5.32 Å². The molecule has 0 saturated carbocycles. The molecule has 0 heterocycles. The maximum atomic E-state index is 3.58. The molecule has 21 heavy (non-hydrogen) atoms. The number of nitrogens with one attached hydrogen (secondary N) is 1. The van der Waals surface area contributed by atoms with Gasteiger partial charge in [-0.2, -0.15) is 0 Å². The van der Waals surface area contributed by atoms with Gasteiger partial charge in [-0.3, -0.25) is 0 Å². The lowest BCUT2D eigenvalue weighted by atomic mass is 10.0. The molecule has 3 aromatic carbocycles. The first kappa shape index (κ1) is 14.0. The maximum Gasteiger partial charge on any atom is 0.0485 e. The van der Waals surface area contributed by atoms with Crippen LogP contribution in [0.2, 0.25) is 0 Å². The standard InChI is InChI=1S/C19H19NS/c1-14(20-18-8-5-9-19(13-18)21-2)16-11-10-15-6-3-4-7-17(15)12-16/h3-14,20H,1-2H3. The molecule has 106 valence electrons. The van der Waals surface area contributed by atoms with E-state index >= 15 is 0 Å². The average molecular weight is 293 g/mol. The van der Waals surface area contributed by atoms with E-state index in [1.807, 2.05) is 0 Å². The molecule has 0 bridgehead atoms. The van der Waals surface area contributed by atoms with Crippen molar-refractivity contribution in [1.29, 1.82) is 0 Å². The van der Waals surface area contributed by atoms with Crippen LogP contribution in [0.5, 0.6) is 0 Å². The highest BCUT2D eigenvalue weighted by molar-refractivity contribution is 7.98. The van der Waals surface area contributed by atoms with Gasteiger partial charge in [0.05, 0.1) is 0 Å². The monoisotopic (exact) mass is 293 g/mol. The lowest BCUT2D eigenvalue weighted by molar-refractivity contribution is 0.886. The lowest BCUT2D eigenvalue weighted by Crippen LogP contribution is -2.06. The van der Waals surface area contributed by atoms with Gasteiger partial charge in [0, 0.05) is 16.6 Å². The molecule has 2 heteroatoms. The molecule has 0 amide bonds. The van der Waals surface area contributed by atoms with Gasteiger partial charge >= 0.3 is 0 Å². The summed E-state index contributed by atoms with van der Waals surface area (Å²) in [4.78, 5) is 1.28. The van der Waals surface area contributed by atoms with Gasteiger partial charge in [0.25, 0.3) is 0 Å². The highest BCUT2D eigenvalue weighted by Gasteiger charge is 2.06. The first-order chi connectivity index (χ1) is 10.3.